The molecule has 0 aliphatic heterocycles. The molecule has 2 atom stereocenters. The Bertz CT molecular complexity index is 109. The first kappa shape index (κ1) is 5.51. The summed E-state index contributed by atoms with van der Waals surface area (Å²) < 4.78 is 0.815. The van der Waals surface area contributed by atoms with E-state index < -0.39 is 0 Å². The van der Waals surface area contributed by atoms with Crippen molar-refractivity contribution in [3.8, 4) is 0 Å². The third-order valence-corrected chi connectivity index (χ3v) is 4.41. The average Bonchev–Trinajstić information content (AvgIpc) is 2.39. The van der Waals surface area contributed by atoms with Crippen molar-refractivity contribution >= 4 is 22.6 Å². The second kappa shape index (κ2) is 1.61. The second-order valence-electron chi connectivity index (χ2n) is 3.18. The number of hydrogen-bond donors (Lipinski definition) is 0. The fraction of sp³-hybridized carbons (Fsp3) is 1.00. The highest BCUT2D eigenvalue weighted by Gasteiger charge is 2.52. The Labute approximate surface area is 64.2 Å². The third-order valence-electron chi connectivity index (χ3n) is 2.55. The lowest BCUT2D eigenvalue weighted by molar-refractivity contribution is 0.515. The fourth-order valence-corrected chi connectivity index (χ4v) is 3.05. The molecule has 0 bridgehead atoms. The fourth-order valence-electron chi connectivity index (χ4n) is 1.83. The van der Waals surface area contributed by atoms with Crippen LogP contribution in [0.1, 0.15) is 32.1 Å². The van der Waals surface area contributed by atoms with Gasteiger partial charge in [-0.1, -0.05) is 35.4 Å². The molecule has 46 valence electrons. The first-order valence-electron chi connectivity index (χ1n) is 3.50. The van der Waals surface area contributed by atoms with Crippen molar-refractivity contribution in [2.45, 2.75) is 35.5 Å². The van der Waals surface area contributed by atoms with Crippen LogP contribution in [0, 0.1) is 5.92 Å². The van der Waals surface area contributed by atoms with Gasteiger partial charge < -0.3 is 0 Å². The van der Waals surface area contributed by atoms with Crippen molar-refractivity contribution in [2.24, 2.45) is 5.92 Å². The maximum Gasteiger partial charge on any atom is 0.0254 e. The second-order valence-corrected chi connectivity index (χ2v) is 5.33. The monoisotopic (exact) mass is 222 g/mol. The van der Waals surface area contributed by atoms with Gasteiger partial charge in [0, 0.05) is 3.42 Å². The van der Waals surface area contributed by atoms with Crippen molar-refractivity contribution in [1.29, 1.82) is 0 Å². The standard InChI is InChI=1S/C7H11I/c8-7-4-2-1-3-6(7)5-7/h6H,1-5H2. The number of fused-ring (bicyclic) bond motifs is 1. The maximum absolute atomic E-state index is 2.66. The Morgan fingerprint density at radius 1 is 1.38 bits per heavy atom. The molecule has 0 saturated heterocycles. The van der Waals surface area contributed by atoms with Crippen molar-refractivity contribution in [3.05, 3.63) is 0 Å². The molecule has 0 spiro atoms. The summed E-state index contributed by atoms with van der Waals surface area (Å²) in [6, 6.07) is 0. The molecule has 0 radical (unpaired) electrons. The summed E-state index contributed by atoms with van der Waals surface area (Å²) in [5.41, 5.74) is 0. The Morgan fingerprint density at radius 3 is 2.75 bits per heavy atom. The lowest BCUT2D eigenvalue weighted by Crippen LogP contribution is -2.06. The summed E-state index contributed by atoms with van der Waals surface area (Å²) >= 11 is 2.66. The van der Waals surface area contributed by atoms with E-state index >= 15 is 0 Å². The van der Waals surface area contributed by atoms with E-state index in [0.717, 1.165) is 9.34 Å². The highest BCUT2D eigenvalue weighted by molar-refractivity contribution is 14.1. The van der Waals surface area contributed by atoms with E-state index in [-0.39, 0.29) is 0 Å². The minimum atomic E-state index is 0.815. The molecule has 0 aromatic heterocycles. The van der Waals surface area contributed by atoms with Gasteiger partial charge in [0.15, 0.2) is 0 Å². The van der Waals surface area contributed by atoms with Crippen molar-refractivity contribution in [2.75, 3.05) is 0 Å². The lowest BCUT2D eigenvalue weighted by atomic mass is 10.0. The summed E-state index contributed by atoms with van der Waals surface area (Å²) in [4.78, 5) is 0. The first-order chi connectivity index (χ1) is 3.81. The van der Waals surface area contributed by atoms with Gasteiger partial charge in [0.2, 0.25) is 0 Å². The van der Waals surface area contributed by atoms with Gasteiger partial charge in [-0.3, -0.25) is 0 Å². The van der Waals surface area contributed by atoms with Gasteiger partial charge >= 0.3 is 0 Å². The number of rotatable bonds is 0. The molecule has 2 rings (SSSR count). The predicted molar refractivity (Wildman–Crippen MR) is 43.3 cm³/mol. The van der Waals surface area contributed by atoms with Crippen molar-refractivity contribution in [1.82, 2.24) is 0 Å². The highest BCUT2D eigenvalue weighted by atomic mass is 127. The Hall–Kier alpha value is 0.730. The van der Waals surface area contributed by atoms with Crippen LogP contribution in [0.4, 0.5) is 0 Å². The molecule has 2 aliphatic carbocycles. The molecular formula is C7H11I. The summed E-state index contributed by atoms with van der Waals surface area (Å²) in [5.74, 6) is 1.14. The van der Waals surface area contributed by atoms with Crippen molar-refractivity contribution in [3.63, 3.8) is 0 Å². The van der Waals surface area contributed by atoms with Gasteiger partial charge in [-0.25, -0.2) is 0 Å². The Morgan fingerprint density at radius 2 is 2.25 bits per heavy atom. The topological polar surface area (TPSA) is 0 Å². The summed E-state index contributed by atoms with van der Waals surface area (Å²) in [6.45, 7) is 0. The van der Waals surface area contributed by atoms with E-state index in [0.29, 0.717) is 0 Å². The molecule has 0 aromatic carbocycles. The van der Waals surface area contributed by atoms with Crippen LogP contribution in [0.15, 0.2) is 0 Å². The van der Waals surface area contributed by atoms with Gasteiger partial charge in [-0.15, -0.1) is 0 Å². The molecule has 1 heteroatoms. The highest BCUT2D eigenvalue weighted by Crippen LogP contribution is 2.59. The molecule has 2 fully saturated rings. The zero-order chi connectivity index (χ0) is 5.61. The minimum Gasteiger partial charge on any atom is -0.0786 e. The van der Waals surface area contributed by atoms with E-state index in [9.17, 15) is 0 Å². The minimum absolute atomic E-state index is 0.815. The summed E-state index contributed by atoms with van der Waals surface area (Å²) in [7, 11) is 0. The number of alkyl halides is 1. The van der Waals surface area contributed by atoms with Crippen LogP contribution in [0.25, 0.3) is 0 Å². The zero-order valence-electron chi connectivity index (χ0n) is 4.99. The van der Waals surface area contributed by atoms with E-state index in [4.69, 9.17) is 0 Å². The van der Waals surface area contributed by atoms with Gasteiger partial charge in [-0.05, 0) is 25.2 Å². The number of hydrogen-bond acceptors (Lipinski definition) is 0. The normalized spacial score (nSPS) is 52.9. The van der Waals surface area contributed by atoms with E-state index in [2.05, 4.69) is 22.6 Å². The SMILES string of the molecule is IC12CCCCC1C2. The van der Waals surface area contributed by atoms with Crippen LogP contribution in [-0.2, 0) is 0 Å². The lowest BCUT2D eigenvalue weighted by Gasteiger charge is -2.13. The van der Waals surface area contributed by atoms with Crippen LogP contribution < -0.4 is 0 Å². The van der Waals surface area contributed by atoms with Gasteiger partial charge in [0.1, 0.15) is 0 Å². The first-order valence-corrected chi connectivity index (χ1v) is 4.58. The largest absolute Gasteiger partial charge is 0.0786 e. The quantitative estimate of drug-likeness (QED) is 0.436. The summed E-state index contributed by atoms with van der Waals surface area (Å²) in [6.07, 6.45) is 7.59. The molecule has 2 aliphatic rings. The molecule has 0 N–H and O–H groups in total. The van der Waals surface area contributed by atoms with Crippen molar-refractivity contribution < 1.29 is 0 Å². The molecule has 0 aromatic rings. The molecule has 2 saturated carbocycles. The van der Waals surface area contributed by atoms with E-state index in [1.165, 1.54) is 32.1 Å². The average molecular weight is 222 g/mol. The van der Waals surface area contributed by atoms with E-state index in [1.807, 2.05) is 0 Å². The number of halogens is 1. The van der Waals surface area contributed by atoms with Crippen LogP contribution in [-0.4, -0.2) is 3.42 Å². The predicted octanol–water partition coefficient (Wildman–Crippen LogP) is 2.75. The zero-order valence-corrected chi connectivity index (χ0v) is 7.15. The van der Waals surface area contributed by atoms with Crippen LogP contribution in [0.3, 0.4) is 0 Å². The smallest absolute Gasteiger partial charge is 0.0254 e. The molecule has 8 heavy (non-hydrogen) atoms. The Balaban J connectivity index is 2.04. The Kier molecular flexibility index (Phi) is 1.11. The van der Waals surface area contributed by atoms with Crippen LogP contribution in [0.2, 0.25) is 0 Å². The molecule has 0 nitrogen and oxygen atoms in total. The van der Waals surface area contributed by atoms with Gasteiger partial charge in [0.05, 0.1) is 0 Å². The third kappa shape index (κ3) is 0.703. The molecule has 0 heterocycles. The molecule has 2 unspecified atom stereocenters. The van der Waals surface area contributed by atoms with Crippen LogP contribution >= 0.6 is 22.6 Å². The van der Waals surface area contributed by atoms with Gasteiger partial charge in [-0.2, -0.15) is 0 Å². The molecule has 0 amide bonds. The summed E-state index contributed by atoms with van der Waals surface area (Å²) in [5, 5.41) is 0. The van der Waals surface area contributed by atoms with E-state index in [1.54, 1.807) is 0 Å². The van der Waals surface area contributed by atoms with Gasteiger partial charge in [0.25, 0.3) is 0 Å². The maximum atomic E-state index is 2.66. The van der Waals surface area contributed by atoms with Crippen LogP contribution in [0.5, 0.6) is 0 Å². The molecular weight excluding hydrogens is 211 g/mol.